The fraction of sp³-hybridized carbons (Fsp3) is 0.583. The van der Waals surface area contributed by atoms with Gasteiger partial charge >= 0.3 is 0 Å². The molecule has 0 spiro atoms. The summed E-state index contributed by atoms with van der Waals surface area (Å²) in [6.07, 6.45) is 6.11. The van der Waals surface area contributed by atoms with Gasteiger partial charge in [-0.25, -0.2) is 22.6 Å². The number of imidazole rings is 1. The van der Waals surface area contributed by atoms with Crippen LogP contribution in [-0.2, 0) is 20.4 Å². The number of nitrogens with one attached hydrogen (secondary N) is 1. The molecule has 0 saturated heterocycles. The van der Waals surface area contributed by atoms with Crippen LogP contribution < -0.4 is 9.46 Å². The van der Waals surface area contributed by atoms with E-state index >= 15 is 0 Å². The SMILES string of the molecule is COc1ccc(-c2c(C)nc3sc(C4(OC)CCCC4)nn23)cc1S(=O)(=O)NC1CCC(O)CC1. The standard InChI is InChI=1S/C24H32N4O5S2/c1-15-21(28-23(25-15)34-22(26-28)24(33-3)12-4-5-13-24)16-6-11-19(32-2)20(14-16)35(30,31)27-17-7-9-18(29)10-8-17/h6,11,14,17-18,27,29H,4-5,7-10,12-13H2,1-3H3. The van der Waals surface area contributed by atoms with Gasteiger partial charge in [0.1, 0.15) is 21.3 Å². The van der Waals surface area contributed by atoms with Crippen LogP contribution in [0.25, 0.3) is 16.2 Å². The van der Waals surface area contributed by atoms with Gasteiger partial charge in [0, 0.05) is 18.7 Å². The van der Waals surface area contributed by atoms with Crippen LogP contribution in [0.4, 0.5) is 0 Å². The maximum Gasteiger partial charge on any atom is 0.244 e. The monoisotopic (exact) mass is 520 g/mol. The van der Waals surface area contributed by atoms with E-state index in [1.54, 1.807) is 19.2 Å². The Hall–Kier alpha value is -2.05. The van der Waals surface area contributed by atoms with Gasteiger partial charge in [-0.2, -0.15) is 5.10 Å². The van der Waals surface area contributed by atoms with Gasteiger partial charge in [-0.3, -0.25) is 0 Å². The molecule has 3 aromatic rings. The number of fused-ring (bicyclic) bond motifs is 1. The highest BCUT2D eigenvalue weighted by Crippen LogP contribution is 2.44. The first-order chi connectivity index (χ1) is 16.8. The first-order valence-corrected chi connectivity index (χ1v) is 14.4. The first kappa shape index (κ1) is 24.6. The van der Waals surface area contributed by atoms with Crippen molar-refractivity contribution in [2.75, 3.05) is 14.2 Å². The van der Waals surface area contributed by atoms with E-state index in [9.17, 15) is 13.5 Å². The lowest BCUT2D eigenvalue weighted by Crippen LogP contribution is -2.38. The maximum atomic E-state index is 13.4. The topological polar surface area (TPSA) is 115 Å². The van der Waals surface area contributed by atoms with Crippen molar-refractivity contribution in [3.63, 3.8) is 0 Å². The highest BCUT2D eigenvalue weighted by atomic mass is 32.2. The van der Waals surface area contributed by atoms with Crippen molar-refractivity contribution in [1.82, 2.24) is 19.3 Å². The van der Waals surface area contributed by atoms with E-state index in [0.717, 1.165) is 47.0 Å². The number of hydrogen-bond acceptors (Lipinski definition) is 8. The summed E-state index contributed by atoms with van der Waals surface area (Å²) in [5, 5.41) is 15.6. The van der Waals surface area contributed by atoms with Crippen LogP contribution >= 0.6 is 11.3 Å². The van der Waals surface area contributed by atoms with Gasteiger partial charge in [0.2, 0.25) is 15.0 Å². The zero-order valence-electron chi connectivity index (χ0n) is 20.3. The average molecular weight is 521 g/mol. The summed E-state index contributed by atoms with van der Waals surface area (Å²) in [6.45, 7) is 1.90. The van der Waals surface area contributed by atoms with Crippen molar-refractivity contribution >= 4 is 26.3 Å². The van der Waals surface area contributed by atoms with Crippen molar-refractivity contribution in [2.45, 2.75) is 80.9 Å². The Balaban J connectivity index is 1.54. The van der Waals surface area contributed by atoms with E-state index < -0.39 is 10.0 Å². The molecule has 2 aromatic heterocycles. The van der Waals surface area contributed by atoms with Crippen molar-refractivity contribution < 1.29 is 23.0 Å². The molecule has 2 heterocycles. The second-order valence-electron chi connectivity index (χ2n) is 9.55. The Kier molecular flexibility index (Phi) is 6.64. The number of benzene rings is 1. The summed E-state index contributed by atoms with van der Waals surface area (Å²) >= 11 is 1.53. The summed E-state index contributed by atoms with van der Waals surface area (Å²) in [7, 11) is -0.643. The number of hydrogen-bond donors (Lipinski definition) is 2. The van der Waals surface area contributed by atoms with E-state index in [0.29, 0.717) is 31.2 Å². The van der Waals surface area contributed by atoms with Gasteiger partial charge in [-0.1, -0.05) is 24.2 Å². The maximum absolute atomic E-state index is 13.4. The number of methoxy groups -OCH3 is 2. The lowest BCUT2D eigenvalue weighted by atomic mass is 9.94. The molecule has 0 aliphatic heterocycles. The van der Waals surface area contributed by atoms with Crippen molar-refractivity contribution in [1.29, 1.82) is 0 Å². The highest BCUT2D eigenvalue weighted by molar-refractivity contribution is 7.89. The van der Waals surface area contributed by atoms with E-state index in [-0.39, 0.29) is 28.4 Å². The van der Waals surface area contributed by atoms with E-state index in [1.165, 1.54) is 18.4 Å². The van der Waals surface area contributed by atoms with Crippen LogP contribution in [0.3, 0.4) is 0 Å². The molecule has 0 bridgehead atoms. The molecule has 2 aliphatic rings. The lowest BCUT2D eigenvalue weighted by molar-refractivity contribution is -0.00953. The zero-order valence-corrected chi connectivity index (χ0v) is 21.9. The van der Waals surface area contributed by atoms with Crippen LogP contribution in [0.5, 0.6) is 5.75 Å². The molecule has 1 aromatic carbocycles. The van der Waals surface area contributed by atoms with E-state index in [2.05, 4.69) is 4.72 Å². The van der Waals surface area contributed by atoms with Crippen LogP contribution in [0, 0.1) is 6.92 Å². The molecule has 2 saturated carbocycles. The largest absolute Gasteiger partial charge is 0.495 e. The molecule has 2 aliphatic carbocycles. The second kappa shape index (κ2) is 9.44. The molecule has 35 heavy (non-hydrogen) atoms. The molecule has 0 amide bonds. The minimum absolute atomic E-state index is 0.0811. The third kappa shape index (κ3) is 4.48. The van der Waals surface area contributed by atoms with Gasteiger partial charge in [-0.15, -0.1) is 0 Å². The molecule has 2 N–H and O–H groups in total. The molecule has 9 nitrogen and oxygen atoms in total. The summed E-state index contributed by atoms with van der Waals surface area (Å²) in [6, 6.07) is 4.94. The smallest absolute Gasteiger partial charge is 0.244 e. The number of ether oxygens (including phenoxy) is 2. The molecule has 0 radical (unpaired) electrons. The van der Waals surface area contributed by atoms with Gasteiger partial charge in [0.25, 0.3) is 0 Å². The summed E-state index contributed by atoms with van der Waals surface area (Å²) in [5.41, 5.74) is 1.86. The Morgan fingerprint density at radius 1 is 1.17 bits per heavy atom. The Bertz CT molecular complexity index is 1320. The predicted molar refractivity (Wildman–Crippen MR) is 133 cm³/mol. The lowest BCUT2D eigenvalue weighted by Gasteiger charge is -2.26. The van der Waals surface area contributed by atoms with Crippen LogP contribution in [0.15, 0.2) is 23.1 Å². The van der Waals surface area contributed by atoms with Gasteiger partial charge < -0.3 is 14.6 Å². The van der Waals surface area contributed by atoms with Gasteiger partial charge in [0.05, 0.1) is 24.6 Å². The molecule has 11 heteroatoms. The molecule has 190 valence electrons. The van der Waals surface area contributed by atoms with E-state index in [4.69, 9.17) is 19.6 Å². The third-order valence-electron chi connectivity index (χ3n) is 7.31. The van der Waals surface area contributed by atoms with Gasteiger partial charge in [-0.05, 0) is 63.6 Å². The number of nitrogens with zero attached hydrogens (tertiary/aromatic N) is 3. The average Bonchev–Trinajstić information content (AvgIpc) is 3.55. The fourth-order valence-electron chi connectivity index (χ4n) is 5.33. The number of aliphatic hydroxyl groups excluding tert-OH is 1. The Labute approximate surface area is 209 Å². The Morgan fingerprint density at radius 2 is 1.89 bits per heavy atom. The molecular formula is C24H32N4O5S2. The summed E-state index contributed by atoms with van der Waals surface area (Å²) in [5.74, 6) is 0.277. The van der Waals surface area contributed by atoms with Gasteiger partial charge in [0.15, 0.2) is 0 Å². The van der Waals surface area contributed by atoms with Crippen LogP contribution in [0.2, 0.25) is 0 Å². The molecule has 5 rings (SSSR count). The van der Waals surface area contributed by atoms with Crippen molar-refractivity contribution in [3.8, 4) is 17.0 Å². The molecule has 0 atom stereocenters. The normalized spacial score (nSPS) is 22.6. The number of sulfonamides is 1. The summed E-state index contributed by atoms with van der Waals surface area (Å²) < 4.78 is 42.7. The summed E-state index contributed by atoms with van der Waals surface area (Å²) in [4.78, 5) is 5.57. The minimum atomic E-state index is -3.85. The number of rotatable bonds is 7. The molecule has 0 unspecified atom stereocenters. The predicted octanol–water partition coefficient (Wildman–Crippen LogP) is 3.77. The zero-order chi connectivity index (χ0) is 24.8. The molecular weight excluding hydrogens is 488 g/mol. The number of aromatic nitrogens is 3. The Morgan fingerprint density at radius 3 is 2.54 bits per heavy atom. The molecule has 2 fully saturated rings. The fourth-order valence-corrected chi connectivity index (χ4v) is 8.00. The highest BCUT2D eigenvalue weighted by Gasteiger charge is 2.39. The second-order valence-corrected chi connectivity index (χ2v) is 12.2. The van der Waals surface area contributed by atoms with E-state index in [1.807, 2.05) is 17.5 Å². The quantitative estimate of drug-likeness (QED) is 0.487. The number of aliphatic hydroxyl groups is 1. The van der Waals surface area contributed by atoms with Crippen LogP contribution in [0.1, 0.15) is 62.1 Å². The van der Waals surface area contributed by atoms with Crippen molar-refractivity contribution in [2.24, 2.45) is 0 Å². The van der Waals surface area contributed by atoms with Crippen molar-refractivity contribution in [3.05, 3.63) is 28.9 Å². The third-order valence-corrected chi connectivity index (χ3v) is 9.95. The minimum Gasteiger partial charge on any atom is -0.495 e. The number of aryl methyl sites for hydroxylation is 1. The van der Waals surface area contributed by atoms with Crippen LogP contribution in [-0.4, -0.2) is 54.5 Å². The first-order valence-electron chi connectivity index (χ1n) is 12.1.